The van der Waals surface area contributed by atoms with Crippen LogP contribution in [-0.2, 0) is 4.74 Å². The molecule has 0 aliphatic carbocycles. The minimum atomic E-state index is 0.744. The van der Waals surface area contributed by atoms with Gasteiger partial charge in [-0.25, -0.2) is 0 Å². The van der Waals surface area contributed by atoms with E-state index in [0.29, 0.717) is 0 Å². The first kappa shape index (κ1) is 14.9. The van der Waals surface area contributed by atoms with E-state index in [1.54, 1.807) is 0 Å². The largest absolute Gasteiger partial charge is 0.379 e. The Kier molecular flexibility index (Phi) is 7.77. The number of hydrogen-bond donors (Lipinski definition) is 1. The maximum Gasteiger partial charge on any atom is 0.0594 e. The Morgan fingerprint density at radius 3 is 2.59 bits per heavy atom. The zero-order valence-electron chi connectivity index (χ0n) is 11.7. The van der Waals surface area contributed by atoms with E-state index in [1.165, 1.54) is 6.54 Å². The summed E-state index contributed by atoms with van der Waals surface area (Å²) in [6.07, 6.45) is 0. The predicted octanol–water partition coefficient (Wildman–Crippen LogP) is 0.496. The quantitative estimate of drug-likeness (QED) is 0.628. The Morgan fingerprint density at radius 2 is 1.94 bits per heavy atom. The monoisotopic (exact) mass is 243 g/mol. The van der Waals surface area contributed by atoms with Crippen molar-refractivity contribution in [2.24, 2.45) is 5.92 Å². The van der Waals surface area contributed by atoms with Crippen molar-refractivity contribution in [3.8, 4) is 0 Å². The summed E-state index contributed by atoms with van der Waals surface area (Å²) >= 11 is 0. The summed E-state index contributed by atoms with van der Waals surface area (Å²) < 4.78 is 5.34. The first-order chi connectivity index (χ1) is 8.18. The summed E-state index contributed by atoms with van der Waals surface area (Å²) in [6, 6.07) is 0. The van der Waals surface area contributed by atoms with Gasteiger partial charge in [0.15, 0.2) is 0 Å². The highest BCUT2D eigenvalue weighted by Crippen LogP contribution is 1.96. The Morgan fingerprint density at radius 1 is 1.24 bits per heavy atom. The topological polar surface area (TPSA) is 27.7 Å². The van der Waals surface area contributed by atoms with Gasteiger partial charge in [0.2, 0.25) is 0 Å². The summed E-state index contributed by atoms with van der Waals surface area (Å²) in [5.41, 5.74) is 0. The van der Waals surface area contributed by atoms with Crippen LogP contribution in [0.3, 0.4) is 0 Å². The first-order valence-corrected chi connectivity index (χ1v) is 6.88. The molecule has 0 radical (unpaired) electrons. The first-order valence-electron chi connectivity index (χ1n) is 6.88. The van der Waals surface area contributed by atoms with Crippen LogP contribution in [0.15, 0.2) is 0 Å². The second kappa shape index (κ2) is 8.86. The molecule has 1 heterocycles. The standard InChI is InChI=1S/C13H29N3O/c1-13(2)12-14-4-5-15(3)6-7-16-8-10-17-11-9-16/h13-14H,4-12H2,1-3H3. The average Bonchev–Trinajstić information content (AvgIpc) is 2.33. The van der Waals surface area contributed by atoms with Crippen molar-refractivity contribution >= 4 is 0 Å². The molecule has 4 heteroatoms. The van der Waals surface area contributed by atoms with Gasteiger partial charge in [0.05, 0.1) is 13.2 Å². The average molecular weight is 243 g/mol. The van der Waals surface area contributed by atoms with Crippen molar-refractivity contribution in [3.63, 3.8) is 0 Å². The number of ether oxygens (including phenoxy) is 1. The molecule has 1 saturated heterocycles. The van der Waals surface area contributed by atoms with Gasteiger partial charge in [0, 0.05) is 39.3 Å². The van der Waals surface area contributed by atoms with Gasteiger partial charge in [-0.3, -0.25) is 4.90 Å². The highest BCUT2D eigenvalue weighted by Gasteiger charge is 2.10. The molecule has 0 saturated carbocycles. The smallest absolute Gasteiger partial charge is 0.0594 e. The molecule has 0 spiro atoms. The van der Waals surface area contributed by atoms with E-state index in [0.717, 1.165) is 58.4 Å². The predicted molar refractivity (Wildman–Crippen MR) is 72.5 cm³/mol. The van der Waals surface area contributed by atoms with Crippen molar-refractivity contribution in [1.29, 1.82) is 0 Å². The van der Waals surface area contributed by atoms with Crippen LogP contribution in [0.5, 0.6) is 0 Å². The van der Waals surface area contributed by atoms with Crippen LogP contribution in [0.4, 0.5) is 0 Å². The molecule has 0 aromatic rings. The molecule has 102 valence electrons. The minimum Gasteiger partial charge on any atom is -0.379 e. The van der Waals surface area contributed by atoms with Crippen LogP contribution < -0.4 is 5.32 Å². The molecule has 0 bridgehead atoms. The fourth-order valence-electron chi connectivity index (χ4n) is 1.91. The van der Waals surface area contributed by atoms with E-state index in [1.807, 2.05) is 0 Å². The molecule has 1 rings (SSSR count). The number of hydrogen-bond acceptors (Lipinski definition) is 4. The molecule has 0 unspecified atom stereocenters. The van der Waals surface area contributed by atoms with E-state index in [9.17, 15) is 0 Å². The fourth-order valence-corrected chi connectivity index (χ4v) is 1.91. The Balaban J connectivity index is 1.94. The third-order valence-corrected chi connectivity index (χ3v) is 3.12. The molecule has 0 aromatic carbocycles. The zero-order valence-corrected chi connectivity index (χ0v) is 11.7. The van der Waals surface area contributed by atoms with E-state index in [-0.39, 0.29) is 0 Å². The van der Waals surface area contributed by atoms with Crippen LogP contribution in [-0.4, -0.2) is 75.9 Å². The van der Waals surface area contributed by atoms with Gasteiger partial charge in [-0.2, -0.15) is 0 Å². The normalized spacial score (nSPS) is 18.2. The molecule has 1 N–H and O–H groups in total. The molecule has 1 fully saturated rings. The van der Waals surface area contributed by atoms with Gasteiger partial charge in [-0.15, -0.1) is 0 Å². The van der Waals surface area contributed by atoms with Crippen molar-refractivity contribution < 1.29 is 4.74 Å². The summed E-state index contributed by atoms with van der Waals surface area (Å²) in [6.45, 7) is 14.2. The van der Waals surface area contributed by atoms with Gasteiger partial charge < -0.3 is 15.0 Å². The molecule has 0 amide bonds. The fraction of sp³-hybridized carbons (Fsp3) is 1.00. The van der Waals surface area contributed by atoms with E-state index in [2.05, 4.69) is 36.0 Å². The van der Waals surface area contributed by atoms with Gasteiger partial charge >= 0.3 is 0 Å². The number of morpholine rings is 1. The van der Waals surface area contributed by atoms with Crippen LogP contribution in [0.25, 0.3) is 0 Å². The van der Waals surface area contributed by atoms with E-state index < -0.39 is 0 Å². The zero-order chi connectivity index (χ0) is 12.5. The number of nitrogens with one attached hydrogen (secondary N) is 1. The maximum absolute atomic E-state index is 5.34. The number of likely N-dealkylation sites (N-methyl/N-ethyl adjacent to an activating group) is 1. The highest BCUT2D eigenvalue weighted by molar-refractivity contribution is 4.64. The van der Waals surface area contributed by atoms with E-state index in [4.69, 9.17) is 4.74 Å². The van der Waals surface area contributed by atoms with Crippen molar-refractivity contribution in [1.82, 2.24) is 15.1 Å². The van der Waals surface area contributed by atoms with Gasteiger partial charge in [0.25, 0.3) is 0 Å². The second-order valence-corrected chi connectivity index (χ2v) is 5.36. The third kappa shape index (κ3) is 7.71. The molecular formula is C13H29N3O. The SMILES string of the molecule is CC(C)CNCCN(C)CCN1CCOCC1. The lowest BCUT2D eigenvalue weighted by molar-refractivity contribution is 0.0345. The summed E-state index contributed by atoms with van der Waals surface area (Å²) in [5, 5.41) is 3.48. The lowest BCUT2D eigenvalue weighted by atomic mass is 10.2. The van der Waals surface area contributed by atoms with Gasteiger partial charge in [-0.1, -0.05) is 13.8 Å². The number of rotatable bonds is 8. The summed E-state index contributed by atoms with van der Waals surface area (Å²) in [5.74, 6) is 0.744. The van der Waals surface area contributed by atoms with Crippen molar-refractivity contribution in [2.75, 3.05) is 66.1 Å². The maximum atomic E-state index is 5.34. The Labute approximate surface area is 106 Å². The lowest BCUT2D eigenvalue weighted by Crippen LogP contribution is -2.41. The van der Waals surface area contributed by atoms with Crippen molar-refractivity contribution in [3.05, 3.63) is 0 Å². The third-order valence-electron chi connectivity index (χ3n) is 3.12. The van der Waals surface area contributed by atoms with Crippen LogP contribution in [0.2, 0.25) is 0 Å². The summed E-state index contributed by atoms with van der Waals surface area (Å²) in [7, 11) is 2.21. The minimum absolute atomic E-state index is 0.744. The highest BCUT2D eigenvalue weighted by atomic mass is 16.5. The Hall–Kier alpha value is -0.160. The Bertz CT molecular complexity index is 182. The van der Waals surface area contributed by atoms with Gasteiger partial charge in [0.1, 0.15) is 0 Å². The molecule has 1 aliphatic rings. The van der Waals surface area contributed by atoms with Crippen LogP contribution in [0, 0.1) is 5.92 Å². The molecule has 0 atom stereocenters. The second-order valence-electron chi connectivity index (χ2n) is 5.36. The van der Waals surface area contributed by atoms with Crippen molar-refractivity contribution in [2.45, 2.75) is 13.8 Å². The molecule has 1 aliphatic heterocycles. The van der Waals surface area contributed by atoms with Gasteiger partial charge in [-0.05, 0) is 19.5 Å². The number of nitrogens with zero attached hydrogens (tertiary/aromatic N) is 2. The molecular weight excluding hydrogens is 214 g/mol. The molecule has 17 heavy (non-hydrogen) atoms. The summed E-state index contributed by atoms with van der Waals surface area (Å²) in [4.78, 5) is 4.89. The van der Waals surface area contributed by atoms with Crippen LogP contribution >= 0.6 is 0 Å². The van der Waals surface area contributed by atoms with E-state index >= 15 is 0 Å². The lowest BCUT2D eigenvalue weighted by Gasteiger charge is -2.28. The molecule has 4 nitrogen and oxygen atoms in total. The molecule has 0 aromatic heterocycles. The van der Waals surface area contributed by atoms with Crippen LogP contribution in [0.1, 0.15) is 13.8 Å².